The van der Waals surface area contributed by atoms with Gasteiger partial charge in [-0.1, -0.05) is 85.3 Å². The van der Waals surface area contributed by atoms with Crippen LogP contribution in [0.25, 0.3) is 11.1 Å². The summed E-state index contributed by atoms with van der Waals surface area (Å²) < 4.78 is 44.8. The quantitative estimate of drug-likeness (QED) is 0.107. The number of ether oxygens (including phenoxy) is 1. The van der Waals surface area contributed by atoms with E-state index in [4.69, 9.17) is 4.74 Å². The van der Waals surface area contributed by atoms with Gasteiger partial charge in [0, 0.05) is 5.75 Å². The molecule has 230 valence electrons. The minimum Gasteiger partial charge on any atom is -0.492 e. The molecule has 1 aliphatic carbocycles. The van der Waals surface area contributed by atoms with E-state index in [-0.39, 0.29) is 5.91 Å². The van der Waals surface area contributed by atoms with Crippen LogP contribution in [0, 0.1) is 0 Å². The van der Waals surface area contributed by atoms with Gasteiger partial charge in [-0.05, 0) is 54.2 Å². The van der Waals surface area contributed by atoms with Gasteiger partial charge in [0.05, 0.1) is 18.5 Å². The molecule has 2 amide bonds. The molecule has 0 saturated heterocycles. The number of rotatable bonds is 13. The summed E-state index contributed by atoms with van der Waals surface area (Å²) >= 11 is 1.48. The van der Waals surface area contributed by atoms with E-state index in [0.717, 1.165) is 35.1 Å². The number of H-pyrrole nitrogens is 1. The average molecular weight is 623 g/mol. The van der Waals surface area contributed by atoms with Gasteiger partial charge in [-0.2, -0.15) is 13.2 Å². The van der Waals surface area contributed by atoms with Crippen molar-refractivity contribution in [2.45, 2.75) is 49.4 Å². The highest BCUT2D eigenvalue weighted by Crippen LogP contribution is 2.51. The third-order valence-corrected chi connectivity index (χ3v) is 8.54. The molecule has 5 rings (SSSR count). The van der Waals surface area contributed by atoms with Crippen molar-refractivity contribution < 1.29 is 27.5 Å². The number of aromatic nitrogens is 2. The molecule has 0 bridgehead atoms. The molecule has 44 heavy (non-hydrogen) atoms. The minimum absolute atomic E-state index is 0.323. The number of imidazole rings is 1. The Hall–Kier alpha value is -4.25. The van der Waals surface area contributed by atoms with Crippen LogP contribution in [0.2, 0.25) is 0 Å². The topological polar surface area (TPSA) is 96.1 Å². The summed E-state index contributed by atoms with van der Waals surface area (Å²) in [7, 11) is 0. The molecule has 0 fully saturated rings. The number of alkyl halides is 3. The summed E-state index contributed by atoms with van der Waals surface area (Å²) in [5, 5.41) is 5.62. The minimum atomic E-state index is -4.51. The molecule has 7 nitrogen and oxygen atoms in total. The normalized spacial score (nSPS) is 13.2. The molecule has 1 aromatic heterocycles. The lowest BCUT2D eigenvalue weighted by Gasteiger charge is -2.31. The van der Waals surface area contributed by atoms with Crippen LogP contribution >= 0.6 is 11.8 Å². The number of amides is 2. The molecule has 3 aromatic carbocycles. The largest absolute Gasteiger partial charge is 0.492 e. The van der Waals surface area contributed by atoms with Crippen LogP contribution in [-0.4, -0.2) is 46.9 Å². The number of hydrogen-bond acceptors (Lipinski definition) is 5. The number of carbonyl (C=O) groups excluding carboxylic acids is 2. The molecular formula is C33H33F3N4O3S. The molecule has 1 heterocycles. The smallest absolute Gasteiger partial charge is 0.405 e. The van der Waals surface area contributed by atoms with E-state index in [1.807, 2.05) is 67.6 Å². The number of halogens is 3. The number of fused-ring (bicyclic) bond motifs is 3. The van der Waals surface area contributed by atoms with Crippen LogP contribution in [0.1, 0.15) is 54.2 Å². The van der Waals surface area contributed by atoms with E-state index in [0.29, 0.717) is 47.5 Å². The second-order valence-electron chi connectivity index (χ2n) is 10.4. The molecule has 0 aliphatic heterocycles. The average Bonchev–Trinajstić information content (AvgIpc) is 3.60. The Morgan fingerprint density at radius 3 is 2.27 bits per heavy atom. The fraction of sp³-hybridized carbons (Fsp3) is 0.303. The highest BCUT2D eigenvalue weighted by Gasteiger charge is 2.49. The fourth-order valence-corrected chi connectivity index (χ4v) is 6.51. The monoisotopic (exact) mass is 622 g/mol. The summed E-state index contributed by atoms with van der Waals surface area (Å²) in [6.45, 7) is 0.971. The number of anilines is 1. The zero-order valence-electron chi connectivity index (χ0n) is 24.2. The fourth-order valence-electron chi connectivity index (χ4n) is 5.65. The zero-order valence-corrected chi connectivity index (χ0v) is 25.0. The lowest BCUT2D eigenvalue weighted by molar-refractivity contribution is -0.141. The van der Waals surface area contributed by atoms with E-state index >= 15 is 0 Å². The molecule has 0 spiro atoms. The van der Waals surface area contributed by atoms with E-state index in [1.165, 1.54) is 18.0 Å². The highest BCUT2D eigenvalue weighted by atomic mass is 32.2. The van der Waals surface area contributed by atoms with Gasteiger partial charge >= 0.3 is 6.18 Å². The van der Waals surface area contributed by atoms with Gasteiger partial charge in [0.15, 0.2) is 5.16 Å². The first-order chi connectivity index (χ1) is 21.2. The molecule has 0 unspecified atom stereocenters. The van der Waals surface area contributed by atoms with Gasteiger partial charge in [0.1, 0.15) is 23.4 Å². The lowest BCUT2D eigenvalue weighted by Crippen LogP contribution is -2.47. The second kappa shape index (κ2) is 13.6. The van der Waals surface area contributed by atoms with Crippen molar-refractivity contribution in [1.29, 1.82) is 0 Å². The van der Waals surface area contributed by atoms with Gasteiger partial charge in [-0.3, -0.25) is 9.59 Å². The Labute approximate surface area is 258 Å². The van der Waals surface area contributed by atoms with E-state index in [9.17, 15) is 22.8 Å². The Kier molecular flexibility index (Phi) is 9.63. The number of para-hydroxylation sites is 2. The first-order valence-corrected chi connectivity index (χ1v) is 15.5. The second-order valence-corrected chi connectivity index (χ2v) is 11.5. The number of carbonyl (C=O) groups is 2. The van der Waals surface area contributed by atoms with Crippen molar-refractivity contribution in [3.05, 3.63) is 95.8 Å². The zero-order chi connectivity index (χ0) is 31.2. The third-order valence-electron chi connectivity index (χ3n) is 7.57. The molecule has 0 radical (unpaired) electrons. The lowest BCUT2D eigenvalue weighted by atomic mass is 9.73. The van der Waals surface area contributed by atoms with Gasteiger partial charge in [0.25, 0.3) is 5.91 Å². The first kappa shape index (κ1) is 31.2. The summed E-state index contributed by atoms with van der Waals surface area (Å²) in [6.07, 6.45) is -0.464. The predicted molar refractivity (Wildman–Crippen MR) is 165 cm³/mol. The standard InChI is InChI=1S/C33H33F3N4O3S/c1-2-43-28-17-9-8-16-26(28)39-29(41)27-20-37-31(40-27)44-19-11-3-10-18-32(30(42)38-21-33(34,35)36)24-14-6-4-12-22(24)23-13-5-7-15-25(23)32/h4-9,12-17,20H,2-3,10-11,18-19,21H2,1H3,(H,37,40)(H,38,42)(H,39,41). The Morgan fingerprint density at radius 2 is 1.59 bits per heavy atom. The third kappa shape index (κ3) is 6.77. The van der Waals surface area contributed by atoms with Crippen LogP contribution in [-0.2, 0) is 10.2 Å². The predicted octanol–water partition coefficient (Wildman–Crippen LogP) is 7.36. The van der Waals surface area contributed by atoms with Crippen LogP contribution in [0.15, 0.2) is 84.1 Å². The van der Waals surface area contributed by atoms with Crippen LogP contribution in [0.4, 0.5) is 18.9 Å². The van der Waals surface area contributed by atoms with Crippen molar-refractivity contribution >= 4 is 29.3 Å². The summed E-state index contributed by atoms with van der Waals surface area (Å²) in [4.78, 5) is 33.7. The molecule has 1 aliphatic rings. The maximum Gasteiger partial charge on any atom is 0.405 e. The highest BCUT2D eigenvalue weighted by molar-refractivity contribution is 7.99. The number of nitrogens with zero attached hydrogens (tertiary/aromatic N) is 1. The van der Waals surface area contributed by atoms with Crippen LogP contribution < -0.4 is 15.4 Å². The van der Waals surface area contributed by atoms with Crippen molar-refractivity contribution in [2.24, 2.45) is 0 Å². The van der Waals surface area contributed by atoms with Gasteiger partial charge < -0.3 is 20.4 Å². The van der Waals surface area contributed by atoms with Crippen molar-refractivity contribution in [3.63, 3.8) is 0 Å². The molecule has 0 saturated carbocycles. The Morgan fingerprint density at radius 1 is 0.932 bits per heavy atom. The maximum atomic E-state index is 13.6. The summed E-state index contributed by atoms with van der Waals surface area (Å²) in [5.74, 6) is 0.332. The van der Waals surface area contributed by atoms with Crippen molar-refractivity contribution in [3.8, 4) is 16.9 Å². The number of hydrogen-bond donors (Lipinski definition) is 3. The first-order valence-electron chi connectivity index (χ1n) is 14.5. The molecule has 4 aromatic rings. The Balaban J connectivity index is 1.19. The number of benzene rings is 3. The van der Waals surface area contributed by atoms with Crippen molar-refractivity contribution in [2.75, 3.05) is 24.2 Å². The van der Waals surface area contributed by atoms with E-state index < -0.39 is 24.0 Å². The number of thioether (sulfide) groups is 1. The molecule has 0 atom stereocenters. The number of unbranched alkanes of at least 4 members (excludes halogenated alkanes) is 2. The van der Waals surface area contributed by atoms with Gasteiger partial charge in [0.2, 0.25) is 5.91 Å². The maximum absolute atomic E-state index is 13.6. The van der Waals surface area contributed by atoms with Crippen LogP contribution in [0.5, 0.6) is 5.75 Å². The number of aromatic amines is 1. The van der Waals surface area contributed by atoms with Gasteiger partial charge in [-0.25, -0.2) is 4.98 Å². The van der Waals surface area contributed by atoms with Crippen LogP contribution in [0.3, 0.4) is 0 Å². The molecule has 3 N–H and O–H groups in total. The van der Waals surface area contributed by atoms with E-state index in [1.54, 1.807) is 12.1 Å². The Bertz CT molecular complexity index is 1580. The molecular weight excluding hydrogens is 589 g/mol. The summed E-state index contributed by atoms with van der Waals surface area (Å²) in [5.41, 5.74) is 2.92. The van der Waals surface area contributed by atoms with E-state index in [2.05, 4.69) is 20.6 Å². The molecule has 11 heteroatoms. The SMILES string of the molecule is CCOc1ccccc1NC(=O)c1cnc(SCCCCCC2(C(=O)NCC(F)(F)F)c3ccccc3-c3ccccc32)[nH]1. The summed E-state index contributed by atoms with van der Waals surface area (Å²) in [6, 6.07) is 22.1. The van der Waals surface area contributed by atoms with Crippen molar-refractivity contribution in [1.82, 2.24) is 15.3 Å². The van der Waals surface area contributed by atoms with Gasteiger partial charge in [-0.15, -0.1) is 0 Å². The number of nitrogens with one attached hydrogen (secondary N) is 3.